The molecule has 4 nitrogen and oxygen atoms in total. The van der Waals surface area contributed by atoms with Gasteiger partial charge in [-0.15, -0.1) is 0 Å². The number of allylic oxidation sites excluding steroid dienone is 2. The number of aliphatic hydroxyl groups is 1. The molecule has 0 atom stereocenters. The van der Waals surface area contributed by atoms with Crippen molar-refractivity contribution >= 4 is 40.3 Å². The molecule has 1 N–H and O–H groups in total. The van der Waals surface area contributed by atoms with E-state index in [0.29, 0.717) is 17.5 Å². The number of aliphatic hydroxyl groups excluding tert-OH is 1. The van der Waals surface area contributed by atoms with Gasteiger partial charge in [-0.05, 0) is 55.2 Å². The number of nitrogens with zero attached hydrogens (tertiary/aromatic N) is 1. The molecule has 1 aromatic carbocycles. The van der Waals surface area contributed by atoms with Crippen LogP contribution in [-0.4, -0.2) is 21.7 Å². The topological polar surface area (TPSA) is 67.3 Å². The van der Waals surface area contributed by atoms with Crippen LogP contribution in [0.4, 0.5) is 0 Å². The molecular formula is C22H19Cl2NO3. The Morgan fingerprint density at radius 1 is 1.07 bits per heavy atom. The second kappa shape index (κ2) is 7.19. The Morgan fingerprint density at radius 2 is 1.75 bits per heavy atom. The van der Waals surface area contributed by atoms with Crippen molar-refractivity contribution in [3.8, 4) is 11.1 Å². The van der Waals surface area contributed by atoms with Gasteiger partial charge in [-0.25, -0.2) is 4.98 Å². The molecule has 0 amide bonds. The Labute approximate surface area is 173 Å². The first-order valence-electron chi connectivity index (χ1n) is 8.77. The fourth-order valence-electron chi connectivity index (χ4n) is 3.32. The van der Waals surface area contributed by atoms with E-state index in [1.165, 1.54) is 0 Å². The average Bonchev–Trinajstić information content (AvgIpc) is 2.65. The molecule has 28 heavy (non-hydrogen) atoms. The second-order valence-electron chi connectivity index (χ2n) is 7.18. The summed E-state index contributed by atoms with van der Waals surface area (Å²) in [6, 6.07) is 8.89. The van der Waals surface area contributed by atoms with Crippen LogP contribution in [0.5, 0.6) is 0 Å². The average molecular weight is 416 g/mol. The summed E-state index contributed by atoms with van der Waals surface area (Å²) in [4.78, 5) is 29.6. The van der Waals surface area contributed by atoms with Gasteiger partial charge in [-0.3, -0.25) is 9.59 Å². The lowest BCUT2D eigenvalue weighted by molar-refractivity contribution is -0.133. The Balaban J connectivity index is 2.28. The third-order valence-corrected chi connectivity index (χ3v) is 5.54. The summed E-state index contributed by atoms with van der Waals surface area (Å²) in [5.41, 5.74) is 1.52. The van der Waals surface area contributed by atoms with Crippen LogP contribution in [0.1, 0.15) is 31.9 Å². The third-order valence-electron chi connectivity index (χ3n) is 5.04. The largest absolute Gasteiger partial charge is 0.506 e. The van der Waals surface area contributed by atoms with Gasteiger partial charge in [-0.2, -0.15) is 0 Å². The predicted octanol–water partition coefficient (Wildman–Crippen LogP) is 5.62. The molecule has 144 valence electrons. The predicted molar refractivity (Wildman–Crippen MR) is 112 cm³/mol. The van der Waals surface area contributed by atoms with Crippen molar-refractivity contribution in [2.24, 2.45) is 5.41 Å². The van der Waals surface area contributed by atoms with Crippen LogP contribution in [0, 0.1) is 5.41 Å². The summed E-state index contributed by atoms with van der Waals surface area (Å²) in [7, 11) is 0. The molecule has 0 saturated carbocycles. The van der Waals surface area contributed by atoms with Crippen LogP contribution < -0.4 is 0 Å². The first kappa shape index (κ1) is 20.3. The molecule has 1 aliphatic carbocycles. The molecule has 0 bridgehead atoms. The van der Waals surface area contributed by atoms with Gasteiger partial charge in [0.05, 0.1) is 16.6 Å². The van der Waals surface area contributed by atoms with Crippen molar-refractivity contribution in [2.45, 2.75) is 27.2 Å². The number of hydrogen-bond donors (Lipinski definition) is 1. The first-order valence-corrected chi connectivity index (χ1v) is 9.53. The number of aromatic nitrogens is 1. The molecule has 0 saturated heterocycles. The maximum Gasteiger partial charge on any atom is 0.180 e. The third kappa shape index (κ3) is 3.17. The maximum atomic E-state index is 13.1. The van der Waals surface area contributed by atoms with Crippen molar-refractivity contribution in [3.63, 3.8) is 0 Å². The Hall–Kier alpha value is -2.43. The van der Waals surface area contributed by atoms with Gasteiger partial charge in [0.15, 0.2) is 11.6 Å². The van der Waals surface area contributed by atoms with Crippen LogP contribution in [0.2, 0.25) is 10.3 Å². The van der Waals surface area contributed by atoms with E-state index in [4.69, 9.17) is 23.2 Å². The molecular weight excluding hydrogens is 397 g/mol. The number of hydrogen-bond acceptors (Lipinski definition) is 4. The summed E-state index contributed by atoms with van der Waals surface area (Å²) >= 11 is 12.1. The summed E-state index contributed by atoms with van der Waals surface area (Å²) in [6.45, 7) is 8.73. The molecule has 0 unspecified atom stereocenters. The smallest absolute Gasteiger partial charge is 0.180 e. The van der Waals surface area contributed by atoms with Crippen LogP contribution >= 0.6 is 23.2 Å². The van der Waals surface area contributed by atoms with E-state index < -0.39 is 17.0 Å². The molecule has 6 heteroatoms. The van der Waals surface area contributed by atoms with Gasteiger partial charge in [0.25, 0.3) is 0 Å². The number of aryl methyl sites for hydroxylation is 1. The van der Waals surface area contributed by atoms with E-state index in [0.717, 1.165) is 11.1 Å². The van der Waals surface area contributed by atoms with Crippen molar-refractivity contribution < 1.29 is 14.7 Å². The number of carbonyl (C=O) groups is 2. The van der Waals surface area contributed by atoms with Gasteiger partial charge < -0.3 is 5.11 Å². The normalized spacial score (nSPS) is 16.7. The van der Waals surface area contributed by atoms with Gasteiger partial charge in [-0.1, -0.05) is 48.8 Å². The van der Waals surface area contributed by atoms with Crippen molar-refractivity contribution in [1.82, 2.24) is 4.98 Å². The number of benzene rings is 1. The van der Waals surface area contributed by atoms with Crippen molar-refractivity contribution in [2.75, 3.05) is 0 Å². The van der Waals surface area contributed by atoms with E-state index in [2.05, 4.69) is 11.6 Å². The van der Waals surface area contributed by atoms with E-state index in [1.807, 2.05) is 19.1 Å². The fourth-order valence-corrected chi connectivity index (χ4v) is 3.78. The Morgan fingerprint density at radius 3 is 2.36 bits per heavy atom. The zero-order valence-corrected chi connectivity index (χ0v) is 17.3. The number of Topliss-reactive ketones (excluding diaryl/α,β-unsaturated/α-hetero) is 2. The molecule has 3 rings (SSSR count). The maximum absolute atomic E-state index is 13.1. The van der Waals surface area contributed by atoms with Gasteiger partial charge in [0, 0.05) is 5.56 Å². The monoisotopic (exact) mass is 415 g/mol. The molecule has 0 radical (unpaired) electrons. The van der Waals surface area contributed by atoms with Gasteiger partial charge in [0.1, 0.15) is 16.1 Å². The number of halogens is 2. The highest BCUT2D eigenvalue weighted by Gasteiger charge is 2.46. The SMILES string of the molecule is C=C1C(=O)C(C)(C)C(=O)C(c2cc(-c3ccc(Cl)nc3Cl)ccc2CC)=C1O. The lowest BCUT2D eigenvalue weighted by Gasteiger charge is -2.30. The zero-order valence-electron chi connectivity index (χ0n) is 15.8. The minimum Gasteiger partial charge on any atom is -0.506 e. The van der Waals surface area contributed by atoms with E-state index in [1.54, 1.807) is 32.0 Å². The lowest BCUT2D eigenvalue weighted by Crippen LogP contribution is -2.39. The van der Waals surface area contributed by atoms with E-state index in [-0.39, 0.29) is 27.2 Å². The molecule has 0 aliphatic heterocycles. The van der Waals surface area contributed by atoms with Crippen LogP contribution in [0.15, 0.2) is 48.2 Å². The number of carbonyl (C=O) groups excluding carboxylic acids is 2. The highest BCUT2D eigenvalue weighted by molar-refractivity contribution is 6.37. The minimum atomic E-state index is -1.29. The summed E-state index contributed by atoms with van der Waals surface area (Å²) < 4.78 is 0. The molecule has 1 aliphatic rings. The Kier molecular flexibility index (Phi) is 5.22. The zero-order chi connectivity index (χ0) is 20.8. The summed E-state index contributed by atoms with van der Waals surface area (Å²) in [5, 5.41) is 11.1. The van der Waals surface area contributed by atoms with Gasteiger partial charge >= 0.3 is 0 Å². The van der Waals surface area contributed by atoms with Crippen LogP contribution in [-0.2, 0) is 16.0 Å². The van der Waals surface area contributed by atoms with Crippen molar-refractivity contribution in [3.05, 3.63) is 69.7 Å². The quantitative estimate of drug-likeness (QED) is 0.401. The summed E-state index contributed by atoms with van der Waals surface area (Å²) in [5.74, 6) is -1.28. The van der Waals surface area contributed by atoms with E-state index in [9.17, 15) is 14.7 Å². The minimum absolute atomic E-state index is 0.0572. The van der Waals surface area contributed by atoms with E-state index >= 15 is 0 Å². The standard InChI is InChI=1S/C22H19Cl2NO3/c1-5-12-6-7-13(14-8-9-16(23)25-21(14)24)10-15(12)17-18(26)11(2)19(27)22(3,4)20(17)28/h6-10,26H,2,5H2,1,3-4H3. The second-order valence-corrected chi connectivity index (χ2v) is 7.93. The first-order chi connectivity index (χ1) is 13.1. The fraction of sp³-hybridized carbons (Fsp3) is 0.227. The number of rotatable bonds is 3. The lowest BCUT2D eigenvalue weighted by atomic mass is 9.70. The van der Waals surface area contributed by atoms with Gasteiger partial charge in [0.2, 0.25) is 0 Å². The molecule has 0 spiro atoms. The number of ketones is 2. The molecule has 0 fully saturated rings. The number of pyridine rings is 1. The van der Waals surface area contributed by atoms with Crippen LogP contribution in [0.3, 0.4) is 0 Å². The van der Waals surface area contributed by atoms with Crippen LogP contribution in [0.25, 0.3) is 16.7 Å². The van der Waals surface area contributed by atoms with Crippen molar-refractivity contribution in [1.29, 1.82) is 0 Å². The highest BCUT2D eigenvalue weighted by atomic mass is 35.5. The Bertz CT molecular complexity index is 1070. The molecule has 2 aromatic rings. The highest BCUT2D eigenvalue weighted by Crippen LogP contribution is 2.41. The molecule has 1 aromatic heterocycles. The molecule has 1 heterocycles. The summed E-state index contributed by atoms with van der Waals surface area (Å²) in [6.07, 6.45) is 0.632.